The van der Waals surface area contributed by atoms with Gasteiger partial charge in [-0.2, -0.15) is 6.92 Å². The van der Waals surface area contributed by atoms with Crippen LogP contribution < -0.4 is 18.9 Å². The third-order valence-corrected chi connectivity index (χ3v) is 12.9. The maximum atomic E-state index is 12.0. The number of esters is 1. The Balaban J connectivity index is 0.000000318. The first kappa shape index (κ1) is 54.2. The molecule has 0 amide bonds. The molecule has 2 fully saturated rings. The number of carbonyl (C=O) groups is 2. The normalized spacial score (nSPS) is 21.8. The van der Waals surface area contributed by atoms with Crippen LogP contribution in [-0.2, 0) is 62.7 Å². The standard InChI is InChI=1S/C28H36O4.C25H31O3.C2H3O.Y/c1-18-15-27(5,6)17-28(16-18,22-8-10-24(31-7)19(2)12-22)23-9-11-25(20(3)13-23)32-26(30)14-21(4)29;1-17-13-24(4,5)15-25(14-17,20-7-9-22(27-6)18(2)11-20)21-8-10-23(28-16-26)19(3)12-21;1-2-3;/h8-13,18H,14-17H2,1-7H3;7-12,17H,13-15H2,1-6H3;1H3;/q;2*-1;. The molecule has 0 bridgehead atoms. The number of ketones is 1. The van der Waals surface area contributed by atoms with Crippen LogP contribution in [0.3, 0.4) is 0 Å². The van der Waals surface area contributed by atoms with E-state index in [4.69, 9.17) is 23.7 Å². The molecule has 9 heteroatoms. The fourth-order valence-corrected chi connectivity index (χ4v) is 11.2. The van der Waals surface area contributed by atoms with E-state index in [1.807, 2.05) is 26.0 Å². The topological polar surface area (TPSA) is 105 Å². The van der Waals surface area contributed by atoms with Crippen molar-refractivity contribution < 1.29 is 70.8 Å². The van der Waals surface area contributed by atoms with E-state index in [1.165, 1.54) is 55.2 Å². The number of aryl methyl sites for hydroxylation is 4. The molecule has 2 aliphatic rings. The predicted molar refractivity (Wildman–Crippen MR) is 252 cm³/mol. The summed E-state index contributed by atoms with van der Waals surface area (Å²) in [6, 6.07) is 25.5. The van der Waals surface area contributed by atoms with Crippen LogP contribution in [0.4, 0.5) is 0 Å². The van der Waals surface area contributed by atoms with Crippen LogP contribution >= 0.6 is 0 Å². The Hall–Kier alpha value is -4.14. The Morgan fingerprint density at radius 1 is 0.594 bits per heavy atom. The monoisotopic (exact) mass is 947 g/mol. The molecule has 4 unspecified atom stereocenters. The summed E-state index contributed by atoms with van der Waals surface area (Å²) in [6.45, 7) is 26.6. The molecule has 0 heterocycles. The molecule has 2 aliphatic carbocycles. The number of hydrogen-bond acceptors (Lipinski definition) is 8. The van der Waals surface area contributed by atoms with Gasteiger partial charge < -0.3 is 28.5 Å². The zero-order chi connectivity index (χ0) is 46.9. The van der Waals surface area contributed by atoms with E-state index in [1.54, 1.807) is 20.7 Å². The maximum absolute atomic E-state index is 12.0. The molecule has 1 radical (unpaired) electrons. The molecule has 0 aliphatic heterocycles. The van der Waals surface area contributed by atoms with Gasteiger partial charge in [0.2, 0.25) is 0 Å². The van der Waals surface area contributed by atoms with Crippen molar-refractivity contribution in [2.75, 3.05) is 14.2 Å². The van der Waals surface area contributed by atoms with Crippen LogP contribution in [-0.4, -0.2) is 38.7 Å². The molecule has 8 nitrogen and oxygen atoms in total. The Morgan fingerprint density at radius 3 is 1.20 bits per heavy atom. The molecule has 0 N–H and O–H groups in total. The van der Waals surface area contributed by atoms with Crippen molar-refractivity contribution in [3.05, 3.63) is 117 Å². The van der Waals surface area contributed by atoms with Gasteiger partial charge in [0, 0.05) is 43.5 Å². The Labute approximate surface area is 408 Å². The minimum absolute atomic E-state index is 0. The van der Waals surface area contributed by atoms with Gasteiger partial charge in [-0.15, -0.1) is 6.07 Å². The van der Waals surface area contributed by atoms with E-state index in [-0.39, 0.29) is 66.6 Å². The molecule has 2 saturated carbocycles. The predicted octanol–water partition coefficient (Wildman–Crippen LogP) is 12.3. The van der Waals surface area contributed by atoms with Crippen molar-refractivity contribution in [3.63, 3.8) is 0 Å². The Kier molecular flexibility index (Phi) is 19.4. The summed E-state index contributed by atoms with van der Waals surface area (Å²) in [5.41, 5.74) is 9.54. The van der Waals surface area contributed by atoms with E-state index >= 15 is 0 Å². The number of methoxy groups -OCH3 is 2. The van der Waals surface area contributed by atoms with E-state index in [2.05, 4.69) is 116 Å². The van der Waals surface area contributed by atoms with Crippen molar-refractivity contribution in [2.24, 2.45) is 22.7 Å². The average molecular weight is 948 g/mol. The van der Waals surface area contributed by atoms with Gasteiger partial charge in [-0.25, -0.2) is 0 Å². The van der Waals surface area contributed by atoms with Crippen molar-refractivity contribution in [1.82, 2.24) is 0 Å². The summed E-state index contributed by atoms with van der Waals surface area (Å²) in [7, 11) is 3.43. The minimum Gasteiger partial charge on any atom is -0.610 e. The molecule has 4 aromatic carbocycles. The summed E-state index contributed by atoms with van der Waals surface area (Å²) in [4.78, 5) is 42.6. The molecular weight excluding hydrogens is 878 g/mol. The van der Waals surface area contributed by atoms with Crippen LogP contribution in [0.5, 0.6) is 23.0 Å². The largest absolute Gasteiger partial charge is 0.610 e. The first-order valence-electron chi connectivity index (χ1n) is 22.1. The SMILES string of the molecule is COc1ccc(C2(c3ccc(OC(=O)CC(C)=O)c(C)c3)CC(C)CC(C)(C)C2)cc1C.COc1ccc(C2(c3ccc(O[C-]=O)c(C)c3)CC(C)CC(C)(C)C2)cc1C.C[C-]=O.[Y]. The molecule has 343 valence electrons. The first-order chi connectivity index (χ1) is 29.6. The fourth-order valence-electron chi connectivity index (χ4n) is 11.2. The van der Waals surface area contributed by atoms with Gasteiger partial charge in [0.15, 0.2) is 6.47 Å². The van der Waals surface area contributed by atoms with E-state index < -0.39 is 5.97 Å². The van der Waals surface area contributed by atoms with Crippen molar-refractivity contribution in [3.8, 4) is 23.0 Å². The van der Waals surface area contributed by atoms with E-state index in [0.717, 1.165) is 59.4 Å². The van der Waals surface area contributed by atoms with Crippen LogP contribution in [0.2, 0.25) is 0 Å². The number of benzene rings is 4. The van der Waals surface area contributed by atoms with Crippen LogP contribution in [0, 0.1) is 50.4 Å². The van der Waals surface area contributed by atoms with Gasteiger partial charge in [-0.1, -0.05) is 103 Å². The number of rotatable bonds is 11. The molecule has 0 spiro atoms. The van der Waals surface area contributed by atoms with Crippen molar-refractivity contribution >= 4 is 24.5 Å². The number of ether oxygens (including phenoxy) is 4. The summed E-state index contributed by atoms with van der Waals surface area (Å²) < 4.78 is 21.5. The zero-order valence-electron chi connectivity index (χ0n) is 40.9. The summed E-state index contributed by atoms with van der Waals surface area (Å²) in [5.74, 6) is 3.39. The molecule has 6 rings (SSSR count). The fraction of sp³-hybridized carbons (Fsp3) is 0.491. The Bertz CT molecular complexity index is 2260. The minimum atomic E-state index is -0.513. The van der Waals surface area contributed by atoms with Crippen LogP contribution in [0.25, 0.3) is 0 Å². The van der Waals surface area contributed by atoms with Gasteiger partial charge in [-0.05, 0) is 152 Å². The average Bonchev–Trinajstić information content (AvgIpc) is 3.18. The molecule has 0 aromatic heterocycles. The second-order valence-corrected chi connectivity index (χ2v) is 19.9. The van der Waals surface area contributed by atoms with Crippen molar-refractivity contribution in [2.45, 2.75) is 139 Å². The number of Topliss-reactive ketones (excluding diaryl/α,β-unsaturated/α-hetero) is 1. The second kappa shape index (κ2) is 22.9. The van der Waals surface area contributed by atoms with E-state index in [0.29, 0.717) is 23.3 Å². The molecular formula is C55H70O8Y-2. The third-order valence-electron chi connectivity index (χ3n) is 12.9. The molecule has 64 heavy (non-hydrogen) atoms. The number of hydrogen-bond donors (Lipinski definition) is 0. The van der Waals surface area contributed by atoms with Crippen molar-refractivity contribution in [1.29, 1.82) is 0 Å². The summed E-state index contributed by atoms with van der Waals surface area (Å²) >= 11 is 0. The zero-order valence-corrected chi connectivity index (χ0v) is 43.7. The molecule has 4 atom stereocenters. The number of carbonyl (C=O) groups excluding carboxylic acids is 4. The third kappa shape index (κ3) is 13.2. The van der Waals surface area contributed by atoms with Gasteiger partial charge in [0.05, 0.1) is 14.2 Å². The molecule has 0 saturated heterocycles. The molecule has 4 aromatic rings. The summed E-state index contributed by atoms with van der Waals surface area (Å²) in [6.07, 6.45) is 8.00. The first-order valence-corrected chi connectivity index (χ1v) is 22.1. The second-order valence-electron chi connectivity index (χ2n) is 19.9. The van der Waals surface area contributed by atoms with Crippen LogP contribution in [0.1, 0.15) is 145 Å². The Morgan fingerprint density at radius 2 is 0.922 bits per heavy atom. The van der Waals surface area contributed by atoms with Gasteiger partial charge >= 0.3 is 5.97 Å². The maximum Gasteiger partial charge on any atom is 0.318 e. The van der Waals surface area contributed by atoms with Gasteiger partial charge in [0.25, 0.3) is 0 Å². The smallest absolute Gasteiger partial charge is 0.318 e. The quantitative estimate of drug-likeness (QED) is 0.0634. The van der Waals surface area contributed by atoms with Gasteiger partial charge in [0.1, 0.15) is 29.5 Å². The van der Waals surface area contributed by atoms with Crippen LogP contribution in [0.15, 0.2) is 72.8 Å². The van der Waals surface area contributed by atoms with E-state index in [9.17, 15) is 14.4 Å². The summed E-state index contributed by atoms with van der Waals surface area (Å²) in [5, 5.41) is 0. The van der Waals surface area contributed by atoms with Gasteiger partial charge in [-0.3, -0.25) is 15.9 Å².